The molecule has 1 aliphatic rings. The Balaban J connectivity index is 1.48. The molecule has 1 aromatic carbocycles. The first-order valence-corrected chi connectivity index (χ1v) is 7.80. The summed E-state index contributed by atoms with van der Waals surface area (Å²) in [6, 6.07) is 10.7. The van der Waals surface area contributed by atoms with E-state index in [-0.39, 0.29) is 12.1 Å². The van der Waals surface area contributed by atoms with Crippen LogP contribution in [0.1, 0.15) is 18.4 Å². The molecule has 0 unspecified atom stereocenters. The van der Waals surface area contributed by atoms with Gasteiger partial charge >= 0.3 is 12.1 Å². The van der Waals surface area contributed by atoms with Crippen LogP contribution in [0.25, 0.3) is 0 Å². The van der Waals surface area contributed by atoms with Crippen molar-refractivity contribution in [3.63, 3.8) is 0 Å². The number of anilines is 2. The van der Waals surface area contributed by atoms with Crippen LogP contribution in [-0.4, -0.2) is 23.1 Å². The molecule has 4 amide bonds. The lowest BCUT2D eigenvalue weighted by Crippen LogP contribution is -2.30. The molecule has 0 radical (unpaired) electrons. The van der Waals surface area contributed by atoms with Crippen LogP contribution in [0.4, 0.5) is 21.0 Å². The van der Waals surface area contributed by atoms with E-state index in [0.717, 1.165) is 18.4 Å². The number of rotatable bonds is 5. The number of carbonyl (C=O) groups is 2. The fourth-order valence-corrected chi connectivity index (χ4v) is 2.13. The topological polar surface area (TPSA) is 95.2 Å². The first kappa shape index (κ1) is 15.8. The van der Waals surface area contributed by atoms with Crippen LogP contribution in [0.15, 0.2) is 48.8 Å². The number of hydrogen-bond acceptors (Lipinski definition) is 3. The Morgan fingerprint density at radius 1 is 1.04 bits per heavy atom. The third-order valence-electron chi connectivity index (χ3n) is 3.47. The highest BCUT2D eigenvalue weighted by molar-refractivity contribution is 5.90. The summed E-state index contributed by atoms with van der Waals surface area (Å²) in [5, 5.41) is 11.1. The average Bonchev–Trinajstić information content (AvgIpc) is 3.38. The van der Waals surface area contributed by atoms with E-state index in [4.69, 9.17) is 0 Å². The summed E-state index contributed by atoms with van der Waals surface area (Å²) in [6.07, 6.45) is 5.30. The summed E-state index contributed by atoms with van der Waals surface area (Å²) >= 11 is 0. The summed E-state index contributed by atoms with van der Waals surface area (Å²) in [5.74, 6) is 0. The van der Waals surface area contributed by atoms with E-state index in [9.17, 15) is 9.59 Å². The number of carbonyl (C=O) groups excluding carboxylic acids is 2. The third kappa shape index (κ3) is 4.98. The van der Waals surface area contributed by atoms with Gasteiger partial charge in [-0.1, -0.05) is 12.1 Å². The molecule has 1 fully saturated rings. The zero-order chi connectivity index (χ0) is 16.8. The van der Waals surface area contributed by atoms with Gasteiger partial charge in [0.1, 0.15) is 0 Å². The molecule has 0 bridgehead atoms. The van der Waals surface area contributed by atoms with E-state index in [1.165, 1.54) is 0 Å². The Labute approximate surface area is 139 Å². The van der Waals surface area contributed by atoms with Gasteiger partial charge in [-0.25, -0.2) is 9.59 Å². The minimum absolute atomic E-state index is 0.197. The predicted octanol–water partition coefficient (Wildman–Crippen LogP) is 2.69. The van der Waals surface area contributed by atoms with Crippen molar-refractivity contribution in [1.29, 1.82) is 0 Å². The molecule has 1 saturated carbocycles. The van der Waals surface area contributed by atoms with Crippen molar-refractivity contribution in [2.24, 2.45) is 0 Å². The van der Waals surface area contributed by atoms with Crippen LogP contribution in [-0.2, 0) is 6.54 Å². The fraction of sp³-hybridized carbons (Fsp3) is 0.235. The average molecular weight is 325 g/mol. The Morgan fingerprint density at radius 2 is 1.83 bits per heavy atom. The maximum absolute atomic E-state index is 11.8. The number of benzene rings is 1. The third-order valence-corrected chi connectivity index (χ3v) is 3.47. The van der Waals surface area contributed by atoms with Crippen molar-refractivity contribution in [1.82, 2.24) is 15.6 Å². The smallest absolute Gasteiger partial charge is 0.319 e. The van der Waals surface area contributed by atoms with E-state index in [1.807, 2.05) is 24.3 Å². The number of nitrogens with one attached hydrogen (secondary N) is 4. The highest BCUT2D eigenvalue weighted by atomic mass is 16.2. The van der Waals surface area contributed by atoms with Crippen molar-refractivity contribution < 1.29 is 9.59 Å². The molecule has 0 atom stereocenters. The van der Waals surface area contributed by atoms with Crippen molar-refractivity contribution in [2.45, 2.75) is 25.4 Å². The van der Waals surface area contributed by atoms with E-state index in [2.05, 4.69) is 26.3 Å². The van der Waals surface area contributed by atoms with Gasteiger partial charge < -0.3 is 21.3 Å². The molecule has 0 saturated heterocycles. The van der Waals surface area contributed by atoms with Crippen LogP contribution in [0.3, 0.4) is 0 Å². The van der Waals surface area contributed by atoms with Gasteiger partial charge in [0.05, 0.1) is 11.9 Å². The maximum atomic E-state index is 11.8. The molecule has 124 valence electrons. The molecule has 7 nitrogen and oxygen atoms in total. The largest absolute Gasteiger partial charge is 0.335 e. The minimum atomic E-state index is -0.312. The van der Waals surface area contributed by atoms with Crippen LogP contribution in [0.5, 0.6) is 0 Å². The van der Waals surface area contributed by atoms with Crippen molar-refractivity contribution in [2.75, 3.05) is 10.6 Å². The molecule has 0 aliphatic heterocycles. The zero-order valence-corrected chi connectivity index (χ0v) is 13.1. The summed E-state index contributed by atoms with van der Waals surface area (Å²) in [4.78, 5) is 27.5. The Bertz CT molecular complexity index is 716. The SMILES string of the molecule is O=C(NCc1cccc(NC(=O)NC2CC2)c1)Nc1cccnc1. The lowest BCUT2D eigenvalue weighted by Gasteiger charge is -2.10. The first-order valence-electron chi connectivity index (χ1n) is 7.80. The molecule has 7 heteroatoms. The maximum Gasteiger partial charge on any atom is 0.319 e. The number of aromatic nitrogens is 1. The standard InChI is InChI=1S/C17H19N5O2/c23-16(22-15-5-2-8-18-11-15)19-10-12-3-1-4-14(9-12)21-17(24)20-13-6-7-13/h1-5,8-9,11,13H,6-7,10H2,(H2,19,22,23)(H2,20,21,24). The summed E-state index contributed by atoms with van der Waals surface area (Å²) in [7, 11) is 0. The van der Waals surface area contributed by atoms with Gasteiger partial charge in [-0.05, 0) is 42.7 Å². The van der Waals surface area contributed by atoms with Gasteiger partial charge in [-0.3, -0.25) is 4.98 Å². The van der Waals surface area contributed by atoms with E-state index in [0.29, 0.717) is 24.0 Å². The first-order chi connectivity index (χ1) is 11.7. The predicted molar refractivity (Wildman–Crippen MR) is 91.7 cm³/mol. The molecule has 2 aromatic rings. The van der Waals surface area contributed by atoms with Gasteiger partial charge in [-0.2, -0.15) is 0 Å². The van der Waals surface area contributed by atoms with Gasteiger partial charge in [0, 0.05) is 24.5 Å². The van der Waals surface area contributed by atoms with Crippen LogP contribution < -0.4 is 21.3 Å². The van der Waals surface area contributed by atoms with Gasteiger partial charge in [0.15, 0.2) is 0 Å². The van der Waals surface area contributed by atoms with Gasteiger partial charge in [0.25, 0.3) is 0 Å². The van der Waals surface area contributed by atoms with Crippen LogP contribution in [0.2, 0.25) is 0 Å². The molecule has 1 aromatic heterocycles. The second-order valence-corrected chi connectivity index (χ2v) is 5.62. The van der Waals surface area contributed by atoms with E-state index >= 15 is 0 Å². The van der Waals surface area contributed by atoms with Gasteiger partial charge in [0.2, 0.25) is 0 Å². The lowest BCUT2D eigenvalue weighted by molar-refractivity contribution is 0.250. The second kappa shape index (κ2) is 7.45. The monoisotopic (exact) mass is 325 g/mol. The summed E-state index contributed by atoms with van der Waals surface area (Å²) < 4.78 is 0. The summed E-state index contributed by atoms with van der Waals surface area (Å²) in [5.41, 5.74) is 2.21. The van der Waals surface area contributed by atoms with Crippen molar-refractivity contribution in [3.8, 4) is 0 Å². The molecule has 1 heterocycles. The molecule has 24 heavy (non-hydrogen) atoms. The lowest BCUT2D eigenvalue weighted by atomic mass is 10.2. The van der Waals surface area contributed by atoms with Gasteiger partial charge in [-0.15, -0.1) is 0 Å². The van der Waals surface area contributed by atoms with Crippen LogP contribution in [0, 0.1) is 0 Å². The Hall–Kier alpha value is -3.09. The molecular weight excluding hydrogens is 306 g/mol. The quantitative estimate of drug-likeness (QED) is 0.680. The van der Waals surface area contributed by atoms with Crippen LogP contribution >= 0.6 is 0 Å². The van der Waals surface area contributed by atoms with Crippen molar-refractivity contribution in [3.05, 3.63) is 54.4 Å². The molecular formula is C17H19N5O2. The summed E-state index contributed by atoms with van der Waals surface area (Å²) in [6.45, 7) is 0.353. The highest BCUT2D eigenvalue weighted by Gasteiger charge is 2.23. The molecule has 3 rings (SSSR count). The molecule has 1 aliphatic carbocycles. The number of nitrogens with zero attached hydrogens (tertiary/aromatic N) is 1. The van der Waals surface area contributed by atoms with Crippen molar-refractivity contribution >= 4 is 23.4 Å². The Morgan fingerprint density at radius 3 is 2.58 bits per heavy atom. The highest BCUT2D eigenvalue weighted by Crippen LogP contribution is 2.19. The minimum Gasteiger partial charge on any atom is -0.335 e. The van der Waals surface area contributed by atoms with E-state index < -0.39 is 0 Å². The fourth-order valence-electron chi connectivity index (χ4n) is 2.13. The van der Waals surface area contributed by atoms with E-state index in [1.54, 1.807) is 24.5 Å². The second-order valence-electron chi connectivity index (χ2n) is 5.62. The zero-order valence-electron chi connectivity index (χ0n) is 13.1. The molecule has 4 N–H and O–H groups in total. The normalized spacial score (nSPS) is 13.0. The number of pyridine rings is 1. The molecule has 0 spiro atoms. The number of amides is 4. The number of urea groups is 2. The Kier molecular flexibility index (Phi) is 4.90. The number of hydrogen-bond donors (Lipinski definition) is 4.